The Morgan fingerprint density at radius 1 is 1.40 bits per heavy atom. The lowest BCUT2D eigenvalue weighted by Crippen LogP contribution is -2.54. The molecular weight excluding hydrogens is 256 g/mol. The first-order valence-electron chi connectivity index (χ1n) is 6.95. The Labute approximate surface area is 120 Å². The van der Waals surface area contributed by atoms with Gasteiger partial charge in [0.2, 0.25) is 0 Å². The Hall–Kier alpha value is -1.43. The Balaban J connectivity index is 2.95. The van der Waals surface area contributed by atoms with Crippen LogP contribution in [-0.2, 0) is 9.53 Å². The van der Waals surface area contributed by atoms with Crippen molar-refractivity contribution in [2.24, 2.45) is 0 Å². The van der Waals surface area contributed by atoms with Gasteiger partial charge >= 0.3 is 5.97 Å². The van der Waals surface area contributed by atoms with Crippen LogP contribution in [0.25, 0.3) is 0 Å². The minimum Gasteiger partial charge on any atom is -0.468 e. The summed E-state index contributed by atoms with van der Waals surface area (Å²) >= 11 is 0. The van der Waals surface area contributed by atoms with Crippen LogP contribution in [-0.4, -0.2) is 39.4 Å². The smallest absolute Gasteiger partial charge is 0.325 e. The number of ether oxygens (including phenoxy) is 1. The lowest BCUT2D eigenvalue weighted by Gasteiger charge is -2.32. The molecule has 0 aliphatic heterocycles. The molecule has 6 heteroatoms. The van der Waals surface area contributed by atoms with E-state index in [9.17, 15) is 4.79 Å². The van der Waals surface area contributed by atoms with Gasteiger partial charge in [-0.15, -0.1) is 0 Å². The zero-order valence-electron chi connectivity index (χ0n) is 13.5. The van der Waals surface area contributed by atoms with Crippen molar-refractivity contribution in [2.45, 2.75) is 65.6 Å². The van der Waals surface area contributed by atoms with E-state index in [0.717, 1.165) is 11.6 Å². The van der Waals surface area contributed by atoms with Gasteiger partial charge in [0.15, 0.2) is 0 Å². The zero-order chi connectivity index (χ0) is 15.5. The Bertz CT molecular complexity index is 470. The van der Waals surface area contributed by atoms with Crippen LogP contribution in [0.3, 0.4) is 0 Å². The highest BCUT2D eigenvalue weighted by Gasteiger charge is 2.37. The number of rotatable bonds is 6. The average molecular weight is 282 g/mol. The number of esters is 1. The molecule has 0 amide bonds. The first-order chi connectivity index (χ1) is 9.19. The molecule has 114 valence electrons. The number of hydrogen-bond acceptors (Lipinski definition) is 5. The van der Waals surface area contributed by atoms with Crippen LogP contribution >= 0.6 is 0 Å². The molecule has 0 aliphatic carbocycles. The average Bonchev–Trinajstić information content (AvgIpc) is 2.66. The van der Waals surface area contributed by atoms with Crippen molar-refractivity contribution < 1.29 is 9.53 Å². The van der Waals surface area contributed by atoms with Gasteiger partial charge in [0.1, 0.15) is 17.2 Å². The van der Waals surface area contributed by atoms with Gasteiger partial charge in [-0.3, -0.25) is 10.1 Å². The summed E-state index contributed by atoms with van der Waals surface area (Å²) in [5.41, 5.74) is -0.741. The van der Waals surface area contributed by atoms with Gasteiger partial charge in [-0.2, -0.15) is 5.10 Å². The molecular formula is C14H26N4O2. The maximum absolute atomic E-state index is 12.1. The lowest BCUT2D eigenvalue weighted by molar-refractivity contribution is -0.149. The molecule has 0 fully saturated rings. The lowest BCUT2D eigenvalue weighted by atomic mass is 9.92. The highest BCUT2D eigenvalue weighted by atomic mass is 16.5. The molecule has 2 unspecified atom stereocenters. The molecule has 0 radical (unpaired) electrons. The predicted octanol–water partition coefficient (Wildman–Crippen LogP) is 1.78. The molecule has 2 atom stereocenters. The second-order valence-corrected chi connectivity index (χ2v) is 5.83. The van der Waals surface area contributed by atoms with Crippen molar-refractivity contribution in [1.29, 1.82) is 0 Å². The summed E-state index contributed by atoms with van der Waals surface area (Å²) < 4.78 is 6.80. The molecule has 0 aromatic carbocycles. The topological polar surface area (TPSA) is 69.0 Å². The molecule has 1 aromatic heterocycles. The van der Waals surface area contributed by atoms with Crippen LogP contribution in [0, 0.1) is 13.8 Å². The summed E-state index contributed by atoms with van der Waals surface area (Å²) in [6.45, 7) is 11.7. The van der Waals surface area contributed by atoms with Gasteiger partial charge in [-0.1, -0.05) is 0 Å². The maximum atomic E-state index is 12.1. The number of aryl methyl sites for hydroxylation is 2. The fourth-order valence-electron chi connectivity index (χ4n) is 2.69. The minimum atomic E-state index is -0.741. The monoisotopic (exact) mass is 282 g/mol. The molecule has 1 N–H and O–H groups in total. The summed E-state index contributed by atoms with van der Waals surface area (Å²) in [6.07, 6.45) is 0.585. The summed E-state index contributed by atoms with van der Waals surface area (Å²) in [7, 11) is 1.41. The van der Waals surface area contributed by atoms with Gasteiger partial charge in [-0.05, 0) is 48.0 Å². The fourth-order valence-corrected chi connectivity index (χ4v) is 2.69. The second kappa shape index (κ2) is 6.35. The molecule has 0 aliphatic rings. The van der Waals surface area contributed by atoms with Gasteiger partial charge in [0.05, 0.1) is 13.2 Å². The van der Waals surface area contributed by atoms with E-state index < -0.39 is 5.54 Å². The van der Waals surface area contributed by atoms with Crippen LogP contribution in [0.2, 0.25) is 0 Å². The molecule has 0 saturated carbocycles. The summed E-state index contributed by atoms with van der Waals surface area (Å²) in [5.74, 6) is 1.34. The van der Waals surface area contributed by atoms with E-state index in [1.54, 1.807) is 0 Å². The molecule has 1 aromatic rings. The highest BCUT2D eigenvalue weighted by molar-refractivity contribution is 5.80. The Kier molecular flexibility index (Phi) is 5.28. The van der Waals surface area contributed by atoms with Gasteiger partial charge in [0, 0.05) is 6.04 Å². The molecule has 1 rings (SSSR count). The highest BCUT2D eigenvalue weighted by Crippen LogP contribution is 2.23. The summed E-state index contributed by atoms with van der Waals surface area (Å²) in [4.78, 5) is 16.4. The fraction of sp³-hybridized carbons (Fsp3) is 0.786. The number of carbonyl (C=O) groups is 1. The summed E-state index contributed by atoms with van der Waals surface area (Å²) in [5, 5.41) is 7.68. The van der Waals surface area contributed by atoms with Crippen LogP contribution in [0.5, 0.6) is 0 Å². The maximum Gasteiger partial charge on any atom is 0.325 e. The predicted molar refractivity (Wildman–Crippen MR) is 77.5 cm³/mol. The standard InChI is InChI=1S/C14H26N4O2/c1-9(2)16-14(6,13(19)20-7)8-10(3)18-12(5)15-11(4)17-18/h9-10,16H,8H2,1-7H3. The van der Waals surface area contributed by atoms with Crippen molar-refractivity contribution in [1.82, 2.24) is 20.1 Å². The first-order valence-corrected chi connectivity index (χ1v) is 6.95. The molecule has 0 saturated heterocycles. The van der Waals surface area contributed by atoms with E-state index in [1.807, 2.05) is 46.2 Å². The van der Waals surface area contributed by atoms with E-state index in [4.69, 9.17) is 4.74 Å². The second-order valence-electron chi connectivity index (χ2n) is 5.83. The normalized spacial score (nSPS) is 16.0. The molecule has 0 spiro atoms. The van der Waals surface area contributed by atoms with Crippen molar-refractivity contribution in [3.8, 4) is 0 Å². The Morgan fingerprint density at radius 3 is 2.40 bits per heavy atom. The number of carbonyl (C=O) groups excluding carboxylic acids is 1. The molecule has 20 heavy (non-hydrogen) atoms. The van der Waals surface area contributed by atoms with Crippen molar-refractivity contribution in [3.63, 3.8) is 0 Å². The van der Waals surface area contributed by atoms with Crippen molar-refractivity contribution >= 4 is 5.97 Å². The van der Waals surface area contributed by atoms with E-state index in [2.05, 4.69) is 15.4 Å². The number of aromatic nitrogens is 3. The van der Waals surface area contributed by atoms with E-state index in [-0.39, 0.29) is 18.1 Å². The number of nitrogens with one attached hydrogen (secondary N) is 1. The largest absolute Gasteiger partial charge is 0.468 e. The number of methoxy groups -OCH3 is 1. The van der Waals surface area contributed by atoms with E-state index in [0.29, 0.717) is 6.42 Å². The quantitative estimate of drug-likeness (QED) is 0.805. The molecule has 1 heterocycles. The van der Waals surface area contributed by atoms with E-state index >= 15 is 0 Å². The zero-order valence-corrected chi connectivity index (χ0v) is 13.5. The van der Waals surface area contributed by atoms with Crippen LogP contribution < -0.4 is 5.32 Å². The van der Waals surface area contributed by atoms with Gasteiger partial charge < -0.3 is 4.74 Å². The number of nitrogens with zero attached hydrogens (tertiary/aromatic N) is 3. The third-order valence-electron chi connectivity index (χ3n) is 3.27. The van der Waals surface area contributed by atoms with Gasteiger partial charge in [0.25, 0.3) is 0 Å². The van der Waals surface area contributed by atoms with Crippen molar-refractivity contribution in [3.05, 3.63) is 11.6 Å². The Morgan fingerprint density at radius 2 is 2.00 bits per heavy atom. The van der Waals surface area contributed by atoms with Gasteiger partial charge in [-0.25, -0.2) is 9.67 Å². The van der Waals surface area contributed by atoms with Crippen molar-refractivity contribution in [2.75, 3.05) is 7.11 Å². The van der Waals surface area contributed by atoms with Crippen LogP contribution in [0.1, 0.15) is 51.8 Å². The SMILES string of the molecule is COC(=O)C(C)(CC(C)n1nc(C)nc1C)NC(C)C. The third-order valence-corrected chi connectivity index (χ3v) is 3.27. The van der Waals surface area contributed by atoms with E-state index in [1.165, 1.54) is 7.11 Å². The number of hydrogen-bond donors (Lipinski definition) is 1. The van der Waals surface area contributed by atoms with Crippen LogP contribution in [0.4, 0.5) is 0 Å². The molecule has 0 bridgehead atoms. The molecule has 6 nitrogen and oxygen atoms in total. The van der Waals surface area contributed by atoms with Crippen LogP contribution in [0.15, 0.2) is 0 Å². The first kappa shape index (κ1) is 16.6. The summed E-state index contributed by atoms with van der Waals surface area (Å²) in [6, 6.07) is 0.233. The minimum absolute atomic E-state index is 0.0477. The third kappa shape index (κ3) is 3.79.